The number of hydrogen-bond donors (Lipinski definition) is 3. The van der Waals surface area contributed by atoms with E-state index < -0.39 is 5.91 Å². The summed E-state index contributed by atoms with van der Waals surface area (Å²) >= 11 is 0. The molecule has 0 spiro atoms. The van der Waals surface area contributed by atoms with Crippen molar-refractivity contribution in [2.75, 3.05) is 5.73 Å². The van der Waals surface area contributed by atoms with Crippen molar-refractivity contribution in [1.82, 2.24) is 24.9 Å². The van der Waals surface area contributed by atoms with Crippen molar-refractivity contribution in [2.24, 2.45) is 5.73 Å². The molecule has 2 heterocycles. The largest absolute Gasteiger partial charge is 0.382 e. The first-order valence-electron chi connectivity index (χ1n) is 9.12. The monoisotopic (exact) mass is 376 g/mol. The zero-order chi connectivity index (χ0) is 19.7. The summed E-state index contributed by atoms with van der Waals surface area (Å²) in [5, 5.41) is 16.0. The predicted octanol–water partition coefficient (Wildman–Crippen LogP) is 1.57. The number of nitrogens with zero attached hydrogens (tertiary/aromatic N) is 5. The van der Waals surface area contributed by atoms with Crippen molar-refractivity contribution in [1.29, 1.82) is 5.26 Å². The number of amides is 1. The third-order valence-corrected chi connectivity index (χ3v) is 5.29. The molecule has 0 bridgehead atoms. The molecule has 0 unspecified atom stereocenters. The fourth-order valence-electron chi connectivity index (χ4n) is 3.82. The number of benzene rings is 1. The molecular formula is C19H20N8O. The molecule has 1 aliphatic rings. The number of imidazole rings is 1. The predicted molar refractivity (Wildman–Crippen MR) is 103 cm³/mol. The molecule has 0 atom stereocenters. The number of rotatable bonds is 4. The minimum atomic E-state index is -0.479. The minimum absolute atomic E-state index is 0.216. The molecular weight excluding hydrogens is 356 g/mol. The van der Waals surface area contributed by atoms with Gasteiger partial charge in [-0.15, -0.1) is 0 Å². The quantitative estimate of drug-likeness (QED) is 0.462. The second kappa shape index (κ2) is 7.15. The number of nitrogens with two attached hydrogens (primary N) is 2. The maximum absolute atomic E-state index is 11.3. The van der Waals surface area contributed by atoms with Crippen LogP contribution in [-0.2, 0) is 0 Å². The number of fused-ring (bicyclic) bond motifs is 1. The minimum Gasteiger partial charge on any atom is -0.382 e. The molecule has 0 saturated heterocycles. The van der Waals surface area contributed by atoms with Gasteiger partial charge in [0.05, 0.1) is 0 Å². The van der Waals surface area contributed by atoms with E-state index >= 15 is 0 Å². The molecule has 0 radical (unpaired) electrons. The highest BCUT2D eigenvalue weighted by atomic mass is 16.1. The van der Waals surface area contributed by atoms with Crippen molar-refractivity contribution in [2.45, 2.75) is 37.6 Å². The van der Waals surface area contributed by atoms with E-state index in [4.69, 9.17) is 21.7 Å². The Labute approximate surface area is 161 Å². The van der Waals surface area contributed by atoms with Crippen LogP contribution in [0.3, 0.4) is 0 Å². The molecule has 142 valence electrons. The van der Waals surface area contributed by atoms with E-state index in [1.165, 1.54) is 6.33 Å². The van der Waals surface area contributed by atoms with Gasteiger partial charge in [-0.2, -0.15) is 10.4 Å². The Morgan fingerprint density at radius 2 is 1.93 bits per heavy atom. The summed E-state index contributed by atoms with van der Waals surface area (Å²) in [7, 11) is 0. The highest BCUT2D eigenvalue weighted by molar-refractivity contribution is 5.94. The Morgan fingerprint density at radius 3 is 2.57 bits per heavy atom. The van der Waals surface area contributed by atoms with Gasteiger partial charge in [0.15, 0.2) is 12.0 Å². The molecule has 1 saturated carbocycles. The molecule has 2 aromatic heterocycles. The fourth-order valence-corrected chi connectivity index (χ4v) is 3.82. The lowest BCUT2D eigenvalue weighted by Gasteiger charge is -2.26. The van der Waals surface area contributed by atoms with Crippen LogP contribution in [0.25, 0.3) is 16.8 Å². The standard InChI is InChI=1S/C19H20N8O/c20-9-23-14-7-5-13(6-8-14)19-26-15(16-17(21)24-10-25-27(16)19)11-1-3-12(4-2-11)18(22)28/h1-4,10,13-14,23H,5-8H2,(H2,22,28)(H2,21,24,25). The summed E-state index contributed by atoms with van der Waals surface area (Å²) in [6.45, 7) is 0. The van der Waals surface area contributed by atoms with Crippen LogP contribution in [-0.4, -0.2) is 31.5 Å². The van der Waals surface area contributed by atoms with Gasteiger partial charge in [0.25, 0.3) is 0 Å². The molecule has 28 heavy (non-hydrogen) atoms. The van der Waals surface area contributed by atoms with E-state index in [0.717, 1.165) is 37.1 Å². The third kappa shape index (κ3) is 3.09. The van der Waals surface area contributed by atoms with Crippen LogP contribution in [0.2, 0.25) is 0 Å². The number of primary amides is 1. The van der Waals surface area contributed by atoms with Gasteiger partial charge in [-0.05, 0) is 37.8 Å². The zero-order valence-electron chi connectivity index (χ0n) is 15.2. The Morgan fingerprint density at radius 1 is 1.21 bits per heavy atom. The SMILES string of the molecule is N#CNC1CCC(c2nc(-c3ccc(C(N)=O)cc3)c3c(N)ncnn23)CC1. The zero-order valence-corrected chi connectivity index (χ0v) is 15.2. The fraction of sp³-hybridized carbons (Fsp3) is 0.316. The maximum Gasteiger partial charge on any atom is 0.248 e. The Bertz CT molecular complexity index is 1060. The summed E-state index contributed by atoms with van der Waals surface area (Å²) in [5.74, 6) is 0.931. The van der Waals surface area contributed by atoms with Gasteiger partial charge < -0.3 is 16.8 Å². The lowest BCUT2D eigenvalue weighted by molar-refractivity contribution is 0.100. The molecule has 4 rings (SSSR count). The van der Waals surface area contributed by atoms with E-state index in [1.54, 1.807) is 28.8 Å². The normalized spacial score (nSPS) is 19.2. The van der Waals surface area contributed by atoms with Gasteiger partial charge in [-0.25, -0.2) is 14.5 Å². The first-order chi connectivity index (χ1) is 13.6. The van der Waals surface area contributed by atoms with Gasteiger partial charge >= 0.3 is 0 Å². The average Bonchev–Trinajstić information content (AvgIpc) is 3.10. The maximum atomic E-state index is 11.3. The number of nitrogen functional groups attached to an aromatic ring is 1. The van der Waals surface area contributed by atoms with Gasteiger partial charge in [-0.3, -0.25) is 4.79 Å². The van der Waals surface area contributed by atoms with Crippen molar-refractivity contribution >= 4 is 17.2 Å². The molecule has 1 amide bonds. The topological polar surface area (TPSA) is 148 Å². The lowest BCUT2D eigenvalue weighted by Crippen LogP contribution is -2.29. The number of nitriles is 1. The third-order valence-electron chi connectivity index (χ3n) is 5.29. The summed E-state index contributed by atoms with van der Waals surface area (Å²) < 4.78 is 1.77. The Kier molecular flexibility index (Phi) is 4.53. The molecule has 0 aliphatic heterocycles. The Hall–Kier alpha value is -3.67. The second-order valence-corrected chi connectivity index (χ2v) is 6.97. The molecule has 1 aromatic carbocycles. The number of carbonyl (C=O) groups is 1. The molecule has 9 nitrogen and oxygen atoms in total. The van der Waals surface area contributed by atoms with E-state index in [0.29, 0.717) is 22.6 Å². The first-order valence-corrected chi connectivity index (χ1v) is 9.12. The van der Waals surface area contributed by atoms with Gasteiger partial charge in [-0.1, -0.05) is 12.1 Å². The van der Waals surface area contributed by atoms with E-state index in [-0.39, 0.29) is 12.0 Å². The number of carbonyl (C=O) groups excluding carboxylic acids is 1. The van der Waals surface area contributed by atoms with Crippen LogP contribution in [0.4, 0.5) is 5.82 Å². The van der Waals surface area contributed by atoms with Crippen molar-refractivity contribution in [3.63, 3.8) is 0 Å². The van der Waals surface area contributed by atoms with Crippen LogP contribution < -0.4 is 16.8 Å². The van der Waals surface area contributed by atoms with Crippen LogP contribution in [0, 0.1) is 11.5 Å². The van der Waals surface area contributed by atoms with Gasteiger partial charge in [0, 0.05) is 23.1 Å². The van der Waals surface area contributed by atoms with Crippen LogP contribution in [0.15, 0.2) is 30.6 Å². The smallest absolute Gasteiger partial charge is 0.248 e. The molecule has 9 heteroatoms. The molecule has 5 N–H and O–H groups in total. The van der Waals surface area contributed by atoms with E-state index in [9.17, 15) is 4.79 Å². The van der Waals surface area contributed by atoms with Crippen LogP contribution >= 0.6 is 0 Å². The highest BCUT2D eigenvalue weighted by Crippen LogP contribution is 2.36. The van der Waals surface area contributed by atoms with Crippen molar-refractivity contribution in [3.05, 3.63) is 42.0 Å². The van der Waals surface area contributed by atoms with E-state index in [2.05, 4.69) is 15.4 Å². The highest BCUT2D eigenvalue weighted by Gasteiger charge is 2.28. The summed E-state index contributed by atoms with van der Waals surface area (Å²) in [6.07, 6.45) is 7.06. The van der Waals surface area contributed by atoms with Crippen molar-refractivity contribution < 1.29 is 4.79 Å². The number of anilines is 1. The van der Waals surface area contributed by atoms with Crippen LogP contribution in [0.5, 0.6) is 0 Å². The molecule has 3 aromatic rings. The van der Waals surface area contributed by atoms with Gasteiger partial charge in [0.2, 0.25) is 5.91 Å². The average molecular weight is 376 g/mol. The molecule has 1 fully saturated rings. The van der Waals surface area contributed by atoms with E-state index in [1.807, 2.05) is 6.19 Å². The Balaban J connectivity index is 1.75. The second-order valence-electron chi connectivity index (χ2n) is 6.97. The van der Waals surface area contributed by atoms with Crippen molar-refractivity contribution in [3.8, 4) is 17.5 Å². The number of hydrogen-bond acceptors (Lipinski definition) is 7. The first kappa shape index (κ1) is 17.7. The van der Waals surface area contributed by atoms with Gasteiger partial charge in [0.1, 0.15) is 23.4 Å². The molecule has 1 aliphatic carbocycles. The summed E-state index contributed by atoms with van der Waals surface area (Å²) in [5.41, 5.74) is 14.1. The number of nitrogens with one attached hydrogen (secondary N) is 1. The summed E-state index contributed by atoms with van der Waals surface area (Å²) in [6, 6.07) is 7.15. The van der Waals surface area contributed by atoms with Crippen LogP contribution in [0.1, 0.15) is 47.8 Å². The lowest BCUT2D eigenvalue weighted by atomic mass is 9.85. The number of aromatic nitrogens is 4. The summed E-state index contributed by atoms with van der Waals surface area (Å²) in [4.78, 5) is 20.3.